The Labute approximate surface area is 143 Å². The standard InChI is InChI=1S/C17H20N4O4/c1-5-7-19-15(23)20(8-6-2)17(25)21(16(19)24)10-14(22)13-9-11(3)18-12(13)4/h5-6,9,18H,1-2,7-8,10H2,3-4H3. The van der Waals surface area contributed by atoms with Crippen LogP contribution in [-0.4, -0.2) is 24.5 Å². The van der Waals surface area contributed by atoms with Crippen LogP contribution in [0.25, 0.3) is 0 Å². The van der Waals surface area contributed by atoms with E-state index < -0.39 is 29.4 Å². The maximum absolute atomic E-state index is 12.5. The van der Waals surface area contributed by atoms with Crippen LogP contribution in [-0.2, 0) is 19.6 Å². The molecule has 0 aliphatic rings. The zero-order valence-corrected chi connectivity index (χ0v) is 14.2. The molecule has 1 N–H and O–H groups in total. The number of nitrogens with zero attached hydrogens (tertiary/aromatic N) is 3. The molecule has 0 atom stereocenters. The Morgan fingerprint density at radius 3 is 1.88 bits per heavy atom. The van der Waals surface area contributed by atoms with Gasteiger partial charge in [0.05, 0.1) is 19.6 Å². The van der Waals surface area contributed by atoms with E-state index in [1.165, 1.54) is 12.2 Å². The smallest absolute Gasteiger partial charge is 0.337 e. The minimum absolute atomic E-state index is 0.0639. The van der Waals surface area contributed by atoms with Gasteiger partial charge in [-0.25, -0.2) is 28.1 Å². The first-order valence-corrected chi connectivity index (χ1v) is 7.67. The van der Waals surface area contributed by atoms with Gasteiger partial charge >= 0.3 is 17.1 Å². The Bertz CT molecular complexity index is 968. The van der Waals surface area contributed by atoms with E-state index in [2.05, 4.69) is 18.1 Å². The van der Waals surface area contributed by atoms with E-state index in [9.17, 15) is 19.2 Å². The predicted molar refractivity (Wildman–Crippen MR) is 94.2 cm³/mol. The molecule has 25 heavy (non-hydrogen) atoms. The van der Waals surface area contributed by atoms with Gasteiger partial charge in [0.1, 0.15) is 0 Å². The molecule has 8 heteroatoms. The number of aromatic nitrogens is 4. The number of hydrogen-bond donors (Lipinski definition) is 1. The van der Waals surface area contributed by atoms with Gasteiger partial charge in [0, 0.05) is 17.0 Å². The first-order chi connectivity index (χ1) is 11.8. The summed E-state index contributed by atoms with van der Waals surface area (Å²) in [5, 5.41) is 0. The highest BCUT2D eigenvalue weighted by Crippen LogP contribution is 2.10. The number of aromatic amines is 1. The van der Waals surface area contributed by atoms with Gasteiger partial charge in [0.25, 0.3) is 0 Å². The molecule has 0 amide bonds. The summed E-state index contributed by atoms with van der Waals surface area (Å²) >= 11 is 0. The number of Topliss-reactive ketones (excluding diaryl/α,β-unsaturated/α-hetero) is 1. The highest BCUT2D eigenvalue weighted by atomic mass is 16.2. The summed E-state index contributed by atoms with van der Waals surface area (Å²) < 4.78 is 2.49. The molecule has 0 saturated heterocycles. The molecule has 0 saturated carbocycles. The number of nitrogens with one attached hydrogen (secondary N) is 1. The van der Waals surface area contributed by atoms with Crippen molar-refractivity contribution in [3.05, 3.63) is 79.8 Å². The molecule has 132 valence electrons. The Balaban J connectivity index is 2.62. The van der Waals surface area contributed by atoms with Crippen LogP contribution in [0.5, 0.6) is 0 Å². The van der Waals surface area contributed by atoms with Gasteiger partial charge in [0.2, 0.25) is 0 Å². The van der Waals surface area contributed by atoms with E-state index >= 15 is 0 Å². The number of carbonyl (C=O) groups is 1. The van der Waals surface area contributed by atoms with Crippen molar-refractivity contribution in [3.8, 4) is 0 Å². The molecule has 2 rings (SSSR count). The predicted octanol–water partition coefficient (Wildman–Crippen LogP) is 0.372. The Kier molecular flexibility index (Phi) is 5.21. The topological polar surface area (TPSA) is 98.9 Å². The van der Waals surface area contributed by atoms with Crippen LogP contribution in [0.2, 0.25) is 0 Å². The third-order valence-electron chi connectivity index (χ3n) is 3.76. The fourth-order valence-electron chi connectivity index (χ4n) is 2.63. The Hall–Kier alpha value is -3.16. The van der Waals surface area contributed by atoms with Gasteiger partial charge in [-0.05, 0) is 19.9 Å². The van der Waals surface area contributed by atoms with Gasteiger partial charge in [-0.2, -0.15) is 0 Å². The van der Waals surface area contributed by atoms with Gasteiger partial charge in [-0.1, -0.05) is 12.2 Å². The number of ketones is 1. The summed E-state index contributed by atoms with van der Waals surface area (Å²) in [5.74, 6) is -0.394. The summed E-state index contributed by atoms with van der Waals surface area (Å²) in [6.45, 7) is 9.96. The average molecular weight is 344 g/mol. The number of rotatable bonds is 7. The van der Waals surface area contributed by atoms with Crippen molar-refractivity contribution in [2.24, 2.45) is 0 Å². The van der Waals surface area contributed by atoms with Gasteiger partial charge in [-0.15, -0.1) is 13.2 Å². The minimum atomic E-state index is -0.839. The Morgan fingerprint density at radius 2 is 1.48 bits per heavy atom. The molecule has 0 radical (unpaired) electrons. The van der Waals surface area contributed by atoms with E-state index in [1.54, 1.807) is 19.9 Å². The molecule has 2 aromatic heterocycles. The fraction of sp³-hybridized carbons (Fsp3) is 0.294. The van der Waals surface area contributed by atoms with Crippen LogP contribution >= 0.6 is 0 Å². The van der Waals surface area contributed by atoms with Gasteiger partial charge < -0.3 is 4.98 Å². The SMILES string of the molecule is C=CCn1c(=O)n(CC=C)c(=O)n(CC(=O)c2cc(C)[nH]c2C)c1=O. The van der Waals surface area contributed by atoms with Crippen LogP contribution in [0.1, 0.15) is 21.7 Å². The van der Waals surface area contributed by atoms with Crippen molar-refractivity contribution in [2.45, 2.75) is 33.5 Å². The third kappa shape index (κ3) is 3.37. The van der Waals surface area contributed by atoms with Gasteiger partial charge in [-0.3, -0.25) is 4.79 Å². The molecule has 2 heterocycles. The lowest BCUT2D eigenvalue weighted by Crippen LogP contribution is -2.55. The van der Waals surface area contributed by atoms with Crippen LogP contribution < -0.4 is 17.1 Å². The summed E-state index contributed by atoms with van der Waals surface area (Å²) in [5.41, 5.74) is -0.579. The summed E-state index contributed by atoms with van der Waals surface area (Å²) in [4.78, 5) is 52.8. The molecular formula is C17H20N4O4. The molecule has 2 aromatic rings. The number of H-pyrrole nitrogens is 1. The second kappa shape index (κ2) is 7.16. The molecule has 0 fully saturated rings. The molecule has 0 aliphatic heterocycles. The summed E-state index contributed by atoms with van der Waals surface area (Å²) in [7, 11) is 0. The first kappa shape index (κ1) is 18.2. The van der Waals surface area contributed by atoms with E-state index in [1.807, 2.05) is 0 Å². The molecule has 0 unspecified atom stereocenters. The zero-order valence-electron chi connectivity index (χ0n) is 14.2. The average Bonchev–Trinajstić information content (AvgIpc) is 2.90. The first-order valence-electron chi connectivity index (χ1n) is 7.67. The minimum Gasteiger partial charge on any atom is -0.362 e. The molecule has 0 bridgehead atoms. The highest BCUT2D eigenvalue weighted by Gasteiger charge is 2.19. The lowest BCUT2D eigenvalue weighted by atomic mass is 10.1. The maximum atomic E-state index is 12.5. The number of carbonyl (C=O) groups excluding carboxylic acids is 1. The lowest BCUT2D eigenvalue weighted by molar-refractivity contribution is 0.0966. The molecule has 0 spiro atoms. The van der Waals surface area contributed by atoms with Crippen LogP contribution in [0.4, 0.5) is 0 Å². The van der Waals surface area contributed by atoms with E-state index in [-0.39, 0.29) is 13.1 Å². The summed E-state index contributed by atoms with van der Waals surface area (Å²) in [6.07, 6.45) is 2.74. The second-order valence-corrected chi connectivity index (χ2v) is 5.65. The van der Waals surface area contributed by atoms with Crippen molar-refractivity contribution in [2.75, 3.05) is 0 Å². The van der Waals surface area contributed by atoms with Crippen LogP contribution in [0, 0.1) is 13.8 Å². The van der Waals surface area contributed by atoms with Crippen LogP contribution in [0.15, 0.2) is 45.8 Å². The third-order valence-corrected chi connectivity index (χ3v) is 3.76. The normalized spacial score (nSPS) is 10.6. The molecule has 0 aromatic carbocycles. The van der Waals surface area contributed by atoms with Gasteiger partial charge in [0.15, 0.2) is 5.78 Å². The van der Waals surface area contributed by atoms with E-state index in [4.69, 9.17) is 0 Å². The summed E-state index contributed by atoms with van der Waals surface area (Å²) in [6, 6.07) is 1.66. The van der Waals surface area contributed by atoms with Crippen molar-refractivity contribution >= 4 is 5.78 Å². The lowest BCUT2D eigenvalue weighted by Gasteiger charge is -2.11. The number of hydrogen-bond acceptors (Lipinski definition) is 4. The Morgan fingerprint density at radius 1 is 1.00 bits per heavy atom. The van der Waals surface area contributed by atoms with Crippen molar-refractivity contribution in [1.29, 1.82) is 0 Å². The maximum Gasteiger partial charge on any atom is 0.337 e. The largest absolute Gasteiger partial charge is 0.362 e. The highest BCUT2D eigenvalue weighted by molar-refractivity contribution is 5.97. The molecule has 8 nitrogen and oxygen atoms in total. The number of aryl methyl sites for hydroxylation is 2. The van der Waals surface area contributed by atoms with Crippen molar-refractivity contribution in [3.63, 3.8) is 0 Å². The fourth-order valence-corrected chi connectivity index (χ4v) is 2.63. The van der Waals surface area contributed by atoms with Crippen LogP contribution in [0.3, 0.4) is 0 Å². The van der Waals surface area contributed by atoms with Crippen molar-refractivity contribution in [1.82, 2.24) is 18.7 Å². The molecular weight excluding hydrogens is 324 g/mol. The quantitative estimate of drug-likeness (QED) is 0.579. The number of allylic oxidation sites excluding steroid dienone is 2. The molecule has 0 aliphatic carbocycles. The van der Waals surface area contributed by atoms with E-state index in [0.29, 0.717) is 11.3 Å². The second-order valence-electron chi connectivity index (χ2n) is 5.65. The van der Waals surface area contributed by atoms with Crippen molar-refractivity contribution < 1.29 is 4.79 Å². The monoisotopic (exact) mass is 344 g/mol. The van der Waals surface area contributed by atoms with E-state index in [0.717, 1.165) is 19.4 Å². The zero-order chi connectivity index (χ0) is 18.7.